The molecule has 0 bridgehead atoms. The predicted molar refractivity (Wildman–Crippen MR) is 44.4 cm³/mol. The highest BCUT2D eigenvalue weighted by molar-refractivity contribution is 14.1. The molecule has 0 radical (unpaired) electrons. The summed E-state index contributed by atoms with van der Waals surface area (Å²) in [7, 11) is 0. The summed E-state index contributed by atoms with van der Waals surface area (Å²) in [5, 5.41) is 3.42. The van der Waals surface area contributed by atoms with Gasteiger partial charge in [-0.1, -0.05) is 22.6 Å². The Morgan fingerprint density at radius 1 is 1.67 bits per heavy atom. The molecule has 0 aliphatic carbocycles. The standard InChI is InChI=1S/C5H4F2IN3O/c6-4(7)5-9-3(1-12)11(2-8)10-5/h1,4H,2H2. The van der Waals surface area contributed by atoms with E-state index >= 15 is 0 Å². The summed E-state index contributed by atoms with van der Waals surface area (Å²) in [6, 6.07) is 0. The first-order chi connectivity index (χ1) is 5.69. The molecular formula is C5H4F2IN3O. The smallest absolute Gasteiger partial charge is 0.294 e. The molecule has 0 atom stereocenters. The lowest BCUT2D eigenvalue weighted by Gasteiger charge is -1.91. The Morgan fingerprint density at radius 3 is 2.67 bits per heavy atom. The fraction of sp³-hybridized carbons (Fsp3) is 0.400. The van der Waals surface area contributed by atoms with E-state index in [-0.39, 0.29) is 5.82 Å². The number of alkyl halides is 3. The number of aromatic nitrogens is 3. The van der Waals surface area contributed by atoms with Gasteiger partial charge in [0.2, 0.25) is 5.82 Å². The van der Waals surface area contributed by atoms with Crippen molar-refractivity contribution in [3.8, 4) is 0 Å². The second-order valence-corrected chi connectivity index (χ2v) is 2.55. The number of hydrogen-bond donors (Lipinski definition) is 0. The van der Waals surface area contributed by atoms with Gasteiger partial charge in [-0.2, -0.15) is 0 Å². The van der Waals surface area contributed by atoms with E-state index in [1.54, 1.807) is 0 Å². The highest BCUT2D eigenvalue weighted by atomic mass is 127. The average molecular weight is 287 g/mol. The van der Waals surface area contributed by atoms with Crippen LogP contribution >= 0.6 is 22.6 Å². The lowest BCUT2D eigenvalue weighted by atomic mass is 10.6. The molecule has 0 amide bonds. The van der Waals surface area contributed by atoms with E-state index in [0.29, 0.717) is 10.8 Å². The Hall–Kier alpha value is -0.600. The third-order valence-corrected chi connectivity index (χ3v) is 1.78. The monoisotopic (exact) mass is 287 g/mol. The van der Waals surface area contributed by atoms with Crippen molar-refractivity contribution in [2.75, 3.05) is 0 Å². The van der Waals surface area contributed by atoms with E-state index in [0.717, 1.165) is 4.68 Å². The maximum Gasteiger partial charge on any atom is 0.299 e. The van der Waals surface area contributed by atoms with E-state index in [1.807, 2.05) is 22.6 Å². The molecular weight excluding hydrogens is 283 g/mol. The van der Waals surface area contributed by atoms with Gasteiger partial charge >= 0.3 is 0 Å². The molecule has 1 heterocycles. The van der Waals surface area contributed by atoms with E-state index in [2.05, 4.69) is 10.1 Å². The minimum absolute atomic E-state index is 0.0697. The van der Waals surface area contributed by atoms with Crippen molar-refractivity contribution in [1.29, 1.82) is 0 Å². The molecule has 1 aromatic rings. The van der Waals surface area contributed by atoms with Crippen LogP contribution < -0.4 is 0 Å². The minimum Gasteiger partial charge on any atom is -0.294 e. The summed E-state index contributed by atoms with van der Waals surface area (Å²) in [4.78, 5) is 13.6. The third kappa shape index (κ3) is 1.76. The number of carbonyl (C=O) groups is 1. The first kappa shape index (κ1) is 9.49. The fourth-order valence-corrected chi connectivity index (χ4v) is 1.14. The van der Waals surface area contributed by atoms with Crippen LogP contribution in [0, 0.1) is 0 Å². The summed E-state index contributed by atoms with van der Waals surface area (Å²) in [6.45, 7) is 0. The molecule has 1 aromatic heterocycles. The van der Waals surface area contributed by atoms with Gasteiger partial charge < -0.3 is 0 Å². The maximum absolute atomic E-state index is 12.0. The molecule has 0 saturated heterocycles. The Morgan fingerprint density at radius 2 is 2.33 bits per heavy atom. The van der Waals surface area contributed by atoms with Crippen LogP contribution in [0.2, 0.25) is 0 Å². The topological polar surface area (TPSA) is 47.8 Å². The van der Waals surface area contributed by atoms with Gasteiger partial charge in [-0.3, -0.25) is 4.79 Å². The molecule has 0 aliphatic rings. The second-order valence-electron chi connectivity index (χ2n) is 1.87. The van der Waals surface area contributed by atoms with Gasteiger partial charge in [-0.15, -0.1) is 5.10 Å². The van der Waals surface area contributed by atoms with Gasteiger partial charge in [-0.05, 0) is 0 Å². The number of carbonyl (C=O) groups excluding carboxylic acids is 1. The summed E-state index contributed by atoms with van der Waals surface area (Å²) >= 11 is 1.90. The Kier molecular flexibility index (Phi) is 3.06. The number of halogens is 3. The molecule has 0 spiro atoms. The molecule has 0 N–H and O–H groups in total. The Bertz CT molecular complexity index is 288. The Balaban J connectivity index is 3.05. The summed E-state index contributed by atoms with van der Waals surface area (Å²) < 4.78 is 25.4. The molecule has 1 rings (SSSR count). The number of rotatable bonds is 3. The van der Waals surface area contributed by atoms with Crippen molar-refractivity contribution in [2.45, 2.75) is 11.0 Å². The molecule has 7 heteroatoms. The SMILES string of the molecule is O=Cc1nc(C(F)F)nn1CI. The molecule has 66 valence electrons. The lowest BCUT2D eigenvalue weighted by Crippen LogP contribution is -2.00. The lowest BCUT2D eigenvalue weighted by molar-refractivity contribution is 0.111. The predicted octanol–water partition coefficient (Wildman–Crippen LogP) is 1.42. The molecule has 0 fully saturated rings. The molecule has 0 saturated carbocycles. The second kappa shape index (κ2) is 3.87. The number of nitrogens with zero attached hydrogens (tertiary/aromatic N) is 3. The number of hydrogen-bond acceptors (Lipinski definition) is 3. The van der Waals surface area contributed by atoms with Crippen LogP contribution in [0.4, 0.5) is 8.78 Å². The first-order valence-electron chi connectivity index (χ1n) is 2.93. The van der Waals surface area contributed by atoms with Crippen LogP contribution in [0.15, 0.2) is 0 Å². The van der Waals surface area contributed by atoms with Crippen LogP contribution in [0.5, 0.6) is 0 Å². The van der Waals surface area contributed by atoms with Crippen molar-refractivity contribution in [2.24, 2.45) is 0 Å². The van der Waals surface area contributed by atoms with Crippen LogP contribution in [-0.4, -0.2) is 21.1 Å². The van der Waals surface area contributed by atoms with Gasteiger partial charge in [0.25, 0.3) is 6.43 Å². The van der Waals surface area contributed by atoms with Crippen LogP contribution in [0.3, 0.4) is 0 Å². The van der Waals surface area contributed by atoms with Gasteiger partial charge in [0.15, 0.2) is 12.1 Å². The zero-order chi connectivity index (χ0) is 9.14. The van der Waals surface area contributed by atoms with Crippen molar-refractivity contribution in [3.05, 3.63) is 11.6 Å². The van der Waals surface area contributed by atoms with E-state index in [4.69, 9.17) is 0 Å². The molecule has 12 heavy (non-hydrogen) atoms. The fourth-order valence-electron chi connectivity index (χ4n) is 0.640. The highest BCUT2D eigenvalue weighted by Crippen LogP contribution is 2.14. The zero-order valence-corrected chi connectivity index (χ0v) is 7.90. The highest BCUT2D eigenvalue weighted by Gasteiger charge is 2.16. The van der Waals surface area contributed by atoms with Crippen LogP contribution in [0.1, 0.15) is 22.9 Å². The third-order valence-electron chi connectivity index (χ3n) is 1.13. The van der Waals surface area contributed by atoms with Gasteiger partial charge in [0, 0.05) is 0 Å². The van der Waals surface area contributed by atoms with Crippen molar-refractivity contribution < 1.29 is 13.6 Å². The summed E-state index contributed by atoms with van der Waals surface area (Å²) in [5.41, 5.74) is 0. The van der Waals surface area contributed by atoms with Crippen molar-refractivity contribution in [1.82, 2.24) is 14.8 Å². The maximum atomic E-state index is 12.0. The molecule has 0 aliphatic heterocycles. The quantitative estimate of drug-likeness (QED) is 0.480. The average Bonchev–Trinajstić information content (AvgIpc) is 2.46. The molecule has 0 unspecified atom stereocenters. The number of aldehydes is 1. The zero-order valence-electron chi connectivity index (χ0n) is 5.75. The van der Waals surface area contributed by atoms with E-state index in [9.17, 15) is 13.6 Å². The molecule has 0 aromatic carbocycles. The normalized spacial score (nSPS) is 10.7. The van der Waals surface area contributed by atoms with Crippen molar-refractivity contribution in [3.63, 3.8) is 0 Å². The summed E-state index contributed by atoms with van der Waals surface area (Å²) in [5.74, 6) is -0.673. The molecule has 4 nitrogen and oxygen atoms in total. The van der Waals surface area contributed by atoms with E-state index < -0.39 is 12.2 Å². The van der Waals surface area contributed by atoms with Gasteiger partial charge in [-0.25, -0.2) is 18.4 Å². The summed E-state index contributed by atoms with van der Waals surface area (Å²) in [6.07, 6.45) is -2.33. The van der Waals surface area contributed by atoms with E-state index in [1.165, 1.54) is 0 Å². The van der Waals surface area contributed by atoms with Crippen LogP contribution in [0.25, 0.3) is 0 Å². The Labute approximate surface area is 80.1 Å². The van der Waals surface area contributed by atoms with Crippen LogP contribution in [-0.2, 0) is 4.55 Å². The first-order valence-corrected chi connectivity index (χ1v) is 4.45. The van der Waals surface area contributed by atoms with Crippen molar-refractivity contribution >= 4 is 28.9 Å². The largest absolute Gasteiger partial charge is 0.299 e. The van der Waals surface area contributed by atoms with Gasteiger partial charge in [0.05, 0.1) is 4.55 Å². The van der Waals surface area contributed by atoms with Gasteiger partial charge in [0.1, 0.15) is 0 Å². The minimum atomic E-state index is -2.73.